The van der Waals surface area contributed by atoms with Crippen LogP contribution in [0.4, 0.5) is 0 Å². The van der Waals surface area contributed by atoms with E-state index in [1.807, 2.05) is 41.5 Å². The van der Waals surface area contributed by atoms with E-state index in [0.29, 0.717) is 6.54 Å². The molecule has 0 aromatic heterocycles. The lowest BCUT2D eigenvalue weighted by Gasteiger charge is -2.46. The Labute approximate surface area is 122 Å². The zero-order valence-corrected chi connectivity index (χ0v) is 13.7. The molecule has 1 aliphatic rings. The Balaban J connectivity index is 3.10. The fraction of sp³-hybridized carbons (Fsp3) is 0.867. The molecular formula is C15H28N2O3. The van der Waals surface area contributed by atoms with Crippen LogP contribution < -0.4 is 5.32 Å². The summed E-state index contributed by atoms with van der Waals surface area (Å²) >= 11 is 0. The van der Waals surface area contributed by atoms with Crippen molar-refractivity contribution in [3.8, 4) is 0 Å². The van der Waals surface area contributed by atoms with Gasteiger partial charge in [0.2, 0.25) is 11.8 Å². The number of ether oxygens (including phenoxy) is 1. The van der Waals surface area contributed by atoms with Crippen LogP contribution in [-0.4, -0.2) is 48.6 Å². The second-order valence-electron chi connectivity index (χ2n) is 7.04. The summed E-state index contributed by atoms with van der Waals surface area (Å²) in [4.78, 5) is 26.8. The van der Waals surface area contributed by atoms with Gasteiger partial charge in [-0.3, -0.25) is 9.59 Å². The molecule has 0 spiro atoms. The number of nitrogens with one attached hydrogen (secondary N) is 1. The van der Waals surface area contributed by atoms with E-state index in [9.17, 15) is 9.59 Å². The van der Waals surface area contributed by atoms with Crippen LogP contribution in [0.3, 0.4) is 0 Å². The number of carbonyl (C=O) groups excluding carboxylic acids is 2. The molecule has 0 aliphatic carbocycles. The Morgan fingerprint density at radius 3 is 2.20 bits per heavy atom. The summed E-state index contributed by atoms with van der Waals surface area (Å²) in [5.41, 5.74) is -0.310. The minimum atomic E-state index is -0.456. The molecule has 116 valence electrons. The predicted octanol–water partition coefficient (Wildman–Crippen LogP) is 1.42. The highest BCUT2D eigenvalue weighted by atomic mass is 16.5. The highest BCUT2D eigenvalue weighted by molar-refractivity contribution is 5.97. The first-order chi connectivity index (χ1) is 9.09. The molecule has 3 unspecified atom stereocenters. The van der Waals surface area contributed by atoms with E-state index in [4.69, 9.17) is 4.74 Å². The summed E-state index contributed by atoms with van der Waals surface area (Å²) in [6.07, 6.45) is -0.0949. The van der Waals surface area contributed by atoms with E-state index in [1.165, 1.54) is 0 Å². The Kier molecular flexibility index (Phi) is 5.19. The van der Waals surface area contributed by atoms with Crippen molar-refractivity contribution >= 4 is 11.8 Å². The predicted molar refractivity (Wildman–Crippen MR) is 78.2 cm³/mol. The van der Waals surface area contributed by atoms with Gasteiger partial charge in [0.15, 0.2) is 0 Å². The summed E-state index contributed by atoms with van der Waals surface area (Å²) < 4.78 is 5.27. The first-order valence-electron chi connectivity index (χ1n) is 7.23. The number of piperazine rings is 1. The summed E-state index contributed by atoms with van der Waals surface area (Å²) in [5.74, 6) is -0.00440. The molecule has 0 aromatic rings. The molecule has 0 radical (unpaired) electrons. The van der Waals surface area contributed by atoms with Crippen molar-refractivity contribution in [1.82, 2.24) is 10.2 Å². The molecule has 1 N–H and O–H groups in total. The zero-order chi connectivity index (χ0) is 15.7. The van der Waals surface area contributed by atoms with Crippen LogP contribution in [0, 0.1) is 11.3 Å². The number of hydrogen-bond acceptors (Lipinski definition) is 3. The van der Waals surface area contributed by atoms with Crippen LogP contribution in [0.15, 0.2) is 0 Å². The third-order valence-electron chi connectivity index (χ3n) is 3.75. The summed E-state index contributed by atoms with van der Waals surface area (Å²) in [6, 6.07) is -0.896. The molecule has 0 bridgehead atoms. The van der Waals surface area contributed by atoms with Crippen LogP contribution in [-0.2, 0) is 14.3 Å². The van der Waals surface area contributed by atoms with Crippen molar-refractivity contribution in [2.75, 3.05) is 13.7 Å². The lowest BCUT2D eigenvalue weighted by Crippen LogP contribution is -2.68. The monoisotopic (exact) mass is 284 g/mol. The normalized spacial score (nSPS) is 25.9. The molecule has 1 fully saturated rings. The van der Waals surface area contributed by atoms with E-state index in [-0.39, 0.29) is 29.3 Å². The molecule has 0 aromatic carbocycles. The average molecular weight is 284 g/mol. The second kappa shape index (κ2) is 6.12. The maximum atomic E-state index is 12.7. The molecule has 1 heterocycles. The number of hydrogen-bond donors (Lipinski definition) is 1. The molecule has 5 heteroatoms. The van der Waals surface area contributed by atoms with Crippen molar-refractivity contribution in [1.29, 1.82) is 0 Å². The van der Waals surface area contributed by atoms with Gasteiger partial charge in [-0.05, 0) is 18.3 Å². The zero-order valence-electron chi connectivity index (χ0n) is 13.7. The van der Waals surface area contributed by atoms with Gasteiger partial charge in [-0.15, -0.1) is 0 Å². The first-order valence-corrected chi connectivity index (χ1v) is 7.23. The molecule has 2 amide bonds. The van der Waals surface area contributed by atoms with Gasteiger partial charge >= 0.3 is 0 Å². The smallest absolute Gasteiger partial charge is 0.246 e. The molecule has 1 rings (SSSR count). The number of carbonyl (C=O) groups is 2. The van der Waals surface area contributed by atoms with Gasteiger partial charge in [0.05, 0.1) is 6.10 Å². The van der Waals surface area contributed by atoms with Crippen molar-refractivity contribution in [3.05, 3.63) is 0 Å². The van der Waals surface area contributed by atoms with E-state index >= 15 is 0 Å². The Hall–Kier alpha value is -1.10. The largest absolute Gasteiger partial charge is 0.380 e. The summed E-state index contributed by atoms with van der Waals surface area (Å²) in [7, 11) is 1.62. The van der Waals surface area contributed by atoms with Crippen LogP contribution in [0.25, 0.3) is 0 Å². The third kappa shape index (κ3) is 3.51. The molecule has 0 saturated carbocycles. The van der Waals surface area contributed by atoms with Crippen LogP contribution >= 0.6 is 0 Å². The lowest BCUT2D eigenvalue weighted by atomic mass is 9.82. The number of nitrogens with zero attached hydrogens (tertiary/aromatic N) is 1. The Morgan fingerprint density at radius 1 is 1.25 bits per heavy atom. The fourth-order valence-electron chi connectivity index (χ4n) is 2.60. The van der Waals surface area contributed by atoms with Gasteiger partial charge < -0.3 is 15.0 Å². The first kappa shape index (κ1) is 17.0. The highest BCUT2D eigenvalue weighted by Gasteiger charge is 2.46. The maximum Gasteiger partial charge on any atom is 0.246 e. The van der Waals surface area contributed by atoms with E-state index < -0.39 is 12.1 Å². The molecule has 1 aliphatic heterocycles. The van der Waals surface area contributed by atoms with Crippen LogP contribution in [0.2, 0.25) is 0 Å². The maximum absolute atomic E-state index is 12.7. The van der Waals surface area contributed by atoms with Crippen LogP contribution in [0.1, 0.15) is 41.5 Å². The van der Waals surface area contributed by atoms with Gasteiger partial charge in [0.1, 0.15) is 12.1 Å². The Bertz CT molecular complexity index is 374. The fourth-order valence-corrected chi connectivity index (χ4v) is 2.60. The number of amides is 2. The molecule has 20 heavy (non-hydrogen) atoms. The molecule has 1 saturated heterocycles. The minimum absolute atomic E-state index is 0.0107. The minimum Gasteiger partial charge on any atom is -0.380 e. The molecular weight excluding hydrogens is 256 g/mol. The van der Waals surface area contributed by atoms with Crippen LogP contribution in [0.5, 0.6) is 0 Å². The standard InChI is InChI=1S/C15H28N2O3/c1-9(2)11-14(19)17(8-10(3)20-7)12(13(18)16-11)15(4,5)6/h9-12H,8H2,1-7H3,(H,16,18). The topological polar surface area (TPSA) is 58.6 Å². The SMILES string of the molecule is COC(C)CN1C(=O)C(C(C)C)NC(=O)C1C(C)(C)C. The van der Waals surface area contributed by atoms with Crippen molar-refractivity contribution in [2.45, 2.75) is 59.7 Å². The number of methoxy groups -OCH3 is 1. The van der Waals surface area contributed by atoms with Crippen molar-refractivity contribution < 1.29 is 14.3 Å². The van der Waals surface area contributed by atoms with Gasteiger partial charge in [-0.2, -0.15) is 0 Å². The summed E-state index contributed by atoms with van der Waals surface area (Å²) in [5, 5.41) is 2.87. The van der Waals surface area contributed by atoms with Gasteiger partial charge in [-0.25, -0.2) is 0 Å². The average Bonchev–Trinajstić information content (AvgIpc) is 2.30. The van der Waals surface area contributed by atoms with E-state index in [2.05, 4.69) is 5.32 Å². The molecule has 5 nitrogen and oxygen atoms in total. The van der Waals surface area contributed by atoms with Crippen molar-refractivity contribution in [3.63, 3.8) is 0 Å². The van der Waals surface area contributed by atoms with Gasteiger partial charge in [-0.1, -0.05) is 34.6 Å². The van der Waals surface area contributed by atoms with E-state index in [0.717, 1.165) is 0 Å². The summed E-state index contributed by atoms with van der Waals surface area (Å²) in [6.45, 7) is 12.2. The van der Waals surface area contributed by atoms with Gasteiger partial charge in [0.25, 0.3) is 0 Å². The quantitative estimate of drug-likeness (QED) is 0.849. The molecule has 3 atom stereocenters. The third-order valence-corrected chi connectivity index (χ3v) is 3.75. The lowest BCUT2D eigenvalue weighted by molar-refractivity contribution is -0.157. The second-order valence-corrected chi connectivity index (χ2v) is 7.04. The highest BCUT2D eigenvalue weighted by Crippen LogP contribution is 2.29. The Morgan fingerprint density at radius 2 is 1.80 bits per heavy atom. The van der Waals surface area contributed by atoms with Crippen molar-refractivity contribution in [2.24, 2.45) is 11.3 Å². The van der Waals surface area contributed by atoms with E-state index in [1.54, 1.807) is 12.0 Å². The van der Waals surface area contributed by atoms with Gasteiger partial charge in [0, 0.05) is 13.7 Å². The number of rotatable bonds is 4.